The number of carbonyl (C=O) groups is 1. The summed E-state index contributed by atoms with van der Waals surface area (Å²) in [6.07, 6.45) is 10.1. The Morgan fingerprint density at radius 2 is 2.07 bits per heavy atom. The second-order valence-corrected chi connectivity index (χ2v) is 8.19. The van der Waals surface area contributed by atoms with Crippen LogP contribution in [0.3, 0.4) is 0 Å². The van der Waals surface area contributed by atoms with Gasteiger partial charge in [0.15, 0.2) is 5.75 Å². The number of amides is 1. The molecule has 0 bridgehead atoms. The van der Waals surface area contributed by atoms with E-state index >= 15 is 0 Å². The summed E-state index contributed by atoms with van der Waals surface area (Å²) in [7, 11) is 1.67. The summed E-state index contributed by atoms with van der Waals surface area (Å²) in [5.74, 6) is 0.940. The fourth-order valence-electron chi connectivity index (χ4n) is 4.47. The van der Waals surface area contributed by atoms with Gasteiger partial charge in [0.25, 0.3) is 0 Å². The number of nitrogens with one attached hydrogen (secondary N) is 1. The molecule has 1 amide bonds. The number of hydrogen-bond donors (Lipinski definition) is 1. The Morgan fingerprint density at radius 3 is 2.76 bits per heavy atom. The van der Waals surface area contributed by atoms with Gasteiger partial charge in [-0.15, -0.1) is 0 Å². The summed E-state index contributed by atoms with van der Waals surface area (Å²) in [5, 5.41) is 3.30. The molecule has 2 heterocycles. The highest BCUT2D eigenvalue weighted by molar-refractivity contribution is 5.87. The molecule has 152 valence electrons. The molecule has 1 N–H and O–H groups in total. The van der Waals surface area contributed by atoms with Gasteiger partial charge in [-0.2, -0.15) is 0 Å². The van der Waals surface area contributed by atoms with Crippen LogP contribution in [0.25, 0.3) is 0 Å². The van der Waals surface area contributed by atoms with Crippen molar-refractivity contribution in [2.75, 3.05) is 25.1 Å². The van der Waals surface area contributed by atoms with Gasteiger partial charge in [-0.1, -0.05) is 42.5 Å². The van der Waals surface area contributed by atoms with Crippen molar-refractivity contribution in [1.29, 1.82) is 0 Å². The van der Waals surface area contributed by atoms with Gasteiger partial charge in [0.2, 0.25) is 5.91 Å². The molecule has 29 heavy (non-hydrogen) atoms. The SMILES string of the molecule is COc1c(N2CC(Cc3ccccc3)(C(=O)NC3C=CCCC3)C2)ccnc1C. The molecule has 5 heteroatoms. The standard InChI is InChI=1S/C24H29N3O2/c1-18-22(29-2)21(13-14-25-18)27-16-24(17-27,15-19-9-5-3-6-10-19)23(28)26-20-11-7-4-8-12-20/h3,5-7,9-11,13-14,20H,4,8,12,15-17H2,1-2H3,(H,26,28). The van der Waals surface area contributed by atoms with Gasteiger partial charge in [0.05, 0.1) is 23.9 Å². The van der Waals surface area contributed by atoms with Gasteiger partial charge >= 0.3 is 0 Å². The van der Waals surface area contributed by atoms with Crippen molar-refractivity contribution in [2.45, 2.75) is 38.6 Å². The predicted octanol–water partition coefficient (Wildman–Crippen LogP) is 3.67. The first-order valence-electron chi connectivity index (χ1n) is 10.4. The van der Waals surface area contributed by atoms with Crippen LogP contribution in [-0.4, -0.2) is 37.1 Å². The molecular weight excluding hydrogens is 362 g/mol. The first kappa shape index (κ1) is 19.5. The van der Waals surface area contributed by atoms with Crippen LogP contribution in [0.2, 0.25) is 0 Å². The number of anilines is 1. The summed E-state index contributed by atoms with van der Waals surface area (Å²) in [5.41, 5.74) is 2.63. The van der Waals surface area contributed by atoms with Gasteiger partial charge in [0, 0.05) is 25.3 Å². The fraction of sp³-hybridized carbons (Fsp3) is 0.417. The number of rotatable bonds is 6. The predicted molar refractivity (Wildman–Crippen MR) is 115 cm³/mol. The van der Waals surface area contributed by atoms with E-state index in [0.29, 0.717) is 13.1 Å². The van der Waals surface area contributed by atoms with Crippen LogP contribution in [0.5, 0.6) is 5.75 Å². The number of carbonyl (C=O) groups excluding carboxylic acids is 1. The number of methoxy groups -OCH3 is 1. The van der Waals surface area contributed by atoms with E-state index < -0.39 is 5.41 Å². The van der Waals surface area contributed by atoms with E-state index in [1.54, 1.807) is 13.3 Å². The molecule has 1 fully saturated rings. The highest BCUT2D eigenvalue weighted by Gasteiger charge is 2.50. The molecular formula is C24H29N3O2. The third kappa shape index (κ3) is 4.00. The zero-order valence-corrected chi connectivity index (χ0v) is 17.2. The van der Waals surface area contributed by atoms with Crippen LogP contribution in [0.4, 0.5) is 5.69 Å². The number of benzene rings is 1. The lowest BCUT2D eigenvalue weighted by Crippen LogP contribution is -2.65. The van der Waals surface area contributed by atoms with Crippen LogP contribution < -0.4 is 15.0 Å². The van der Waals surface area contributed by atoms with Crippen molar-refractivity contribution in [1.82, 2.24) is 10.3 Å². The molecule has 1 aromatic heterocycles. The third-order valence-electron chi connectivity index (χ3n) is 6.03. The molecule has 1 saturated heterocycles. The molecule has 5 nitrogen and oxygen atoms in total. The lowest BCUT2D eigenvalue weighted by Gasteiger charge is -2.51. The Hall–Kier alpha value is -2.82. The highest BCUT2D eigenvalue weighted by Crippen LogP contribution is 2.42. The van der Waals surface area contributed by atoms with Crippen molar-refractivity contribution in [3.8, 4) is 5.75 Å². The first-order valence-corrected chi connectivity index (χ1v) is 10.4. The number of aromatic nitrogens is 1. The van der Waals surface area contributed by atoms with Gasteiger partial charge in [0.1, 0.15) is 0 Å². The molecule has 1 unspecified atom stereocenters. The molecule has 1 atom stereocenters. The quantitative estimate of drug-likeness (QED) is 0.764. The summed E-state index contributed by atoms with van der Waals surface area (Å²) in [6.45, 7) is 3.29. The normalized spacial score (nSPS) is 20.1. The maximum absolute atomic E-state index is 13.4. The van der Waals surface area contributed by atoms with Gasteiger partial charge in [-0.25, -0.2) is 0 Å². The summed E-state index contributed by atoms with van der Waals surface area (Å²) < 4.78 is 5.59. The number of allylic oxidation sites excluding steroid dienone is 1. The van der Waals surface area contributed by atoms with Gasteiger partial charge < -0.3 is 15.0 Å². The molecule has 0 saturated carbocycles. The lowest BCUT2D eigenvalue weighted by atomic mass is 9.73. The maximum atomic E-state index is 13.4. The van der Waals surface area contributed by atoms with Gasteiger partial charge in [-0.3, -0.25) is 9.78 Å². The van der Waals surface area contributed by atoms with Crippen molar-refractivity contribution >= 4 is 11.6 Å². The smallest absolute Gasteiger partial charge is 0.230 e. The van der Waals surface area contributed by atoms with Crippen molar-refractivity contribution in [2.24, 2.45) is 5.41 Å². The Bertz CT molecular complexity index is 888. The van der Waals surface area contributed by atoms with Crippen molar-refractivity contribution in [3.63, 3.8) is 0 Å². The van der Waals surface area contributed by atoms with Crippen molar-refractivity contribution in [3.05, 3.63) is 66.0 Å². The minimum Gasteiger partial charge on any atom is -0.493 e. The van der Waals surface area contributed by atoms with E-state index in [4.69, 9.17) is 4.74 Å². The van der Waals surface area contributed by atoms with Crippen LogP contribution in [0.1, 0.15) is 30.5 Å². The maximum Gasteiger partial charge on any atom is 0.230 e. The van der Waals surface area contributed by atoms with Gasteiger partial charge in [-0.05, 0) is 44.2 Å². The third-order valence-corrected chi connectivity index (χ3v) is 6.03. The number of hydrogen-bond acceptors (Lipinski definition) is 4. The topological polar surface area (TPSA) is 54.5 Å². The van der Waals surface area contributed by atoms with E-state index in [9.17, 15) is 4.79 Å². The van der Waals surface area contributed by atoms with Crippen LogP contribution in [0, 0.1) is 12.3 Å². The minimum absolute atomic E-state index is 0.149. The number of ether oxygens (including phenoxy) is 1. The largest absolute Gasteiger partial charge is 0.493 e. The fourth-order valence-corrected chi connectivity index (χ4v) is 4.47. The average molecular weight is 392 g/mol. The summed E-state index contributed by atoms with van der Waals surface area (Å²) in [4.78, 5) is 20.0. The molecule has 2 aliphatic rings. The molecule has 0 radical (unpaired) electrons. The molecule has 2 aromatic rings. The monoisotopic (exact) mass is 391 g/mol. The van der Waals surface area contributed by atoms with E-state index in [1.807, 2.05) is 31.2 Å². The number of aryl methyl sites for hydroxylation is 1. The second kappa shape index (κ2) is 8.27. The Kier molecular flexibility index (Phi) is 5.56. The number of nitrogens with zero attached hydrogens (tertiary/aromatic N) is 2. The Balaban J connectivity index is 1.56. The molecule has 4 rings (SSSR count). The van der Waals surface area contributed by atoms with Crippen molar-refractivity contribution < 1.29 is 9.53 Å². The Morgan fingerprint density at radius 1 is 1.28 bits per heavy atom. The van der Waals surface area contributed by atoms with E-state index in [1.165, 1.54) is 5.56 Å². The zero-order chi connectivity index (χ0) is 20.3. The minimum atomic E-state index is -0.436. The van der Waals surface area contributed by atoms with Crippen LogP contribution >= 0.6 is 0 Å². The van der Waals surface area contributed by atoms with Crippen LogP contribution in [-0.2, 0) is 11.2 Å². The average Bonchev–Trinajstić information content (AvgIpc) is 2.71. The molecule has 0 spiro atoms. The Labute approximate surface area is 172 Å². The van der Waals surface area contributed by atoms with E-state index in [2.05, 4.69) is 39.5 Å². The lowest BCUT2D eigenvalue weighted by molar-refractivity contribution is -0.133. The van der Waals surface area contributed by atoms with Crippen LogP contribution in [0.15, 0.2) is 54.7 Å². The molecule has 1 aliphatic heterocycles. The van der Waals surface area contributed by atoms with E-state index in [-0.39, 0.29) is 11.9 Å². The zero-order valence-electron chi connectivity index (χ0n) is 17.2. The molecule has 1 aromatic carbocycles. The van der Waals surface area contributed by atoms with E-state index in [0.717, 1.165) is 42.8 Å². The number of pyridine rings is 1. The second-order valence-electron chi connectivity index (χ2n) is 8.19. The highest BCUT2D eigenvalue weighted by atomic mass is 16.5. The summed E-state index contributed by atoms with van der Waals surface area (Å²) >= 11 is 0. The first-order chi connectivity index (χ1) is 14.1. The summed E-state index contributed by atoms with van der Waals surface area (Å²) in [6, 6.07) is 12.4. The molecule has 1 aliphatic carbocycles.